The number of carbonyl (C=O) groups excluding carboxylic acids is 1. The highest BCUT2D eigenvalue weighted by molar-refractivity contribution is 6.01. The molecule has 0 heterocycles. The van der Waals surface area contributed by atoms with Gasteiger partial charge in [-0.25, -0.2) is 4.79 Å². The first-order valence-electron chi connectivity index (χ1n) is 10.6. The Morgan fingerprint density at radius 3 is 2.74 bits per heavy atom. The van der Waals surface area contributed by atoms with Crippen LogP contribution in [0.4, 0.5) is 0 Å². The van der Waals surface area contributed by atoms with Gasteiger partial charge < -0.3 is 5.11 Å². The maximum atomic E-state index is 11.9. The molecule has 3 nitrogen and oxygen atoms in total. The summed E-state index contributed by atoms with van der Waals surface area (Å²) in [6, 6.07) is 0. The largest absolute Gasteiger partial charge is 0.478 e. The molecule has 146 valence electrons. The maximum absolute atomic E-state index is 11.9. The fraction of sp³-hybridized carbons (Fsp3) is 0.667. The van der Waals surface area contributed by atoms with Crippen molar-refractivity contribution in [2.24, 2.45) is 40.4 Å². The predicted molar refractivity (Wildman–Crippen MR) is 106 cm³/mol. The molecule has 3 saturated carbocycles. The van der Waals surface area contributed by atoms with Gasteiger partial charge in [-0.1, -0.05) is 38.5 Å². The highest BCUT2D eigenvalue weighted by Gasteiger charge is 2.58. The molecule has 0 aliphatic heterocycles. The molecule has 4 rings (SSSR count). The van der Waals surface area contributed by atoms with E-state index in [1.807, 2.05) is 12.2 Å². The highest BCUT2D eigenvalue weighted by atomic mass is 16.4. The molecule has 0 aromatic rings. The number of carboxylic acid groups (broad SMARTS) is 1. The van der Waals surface area contributed by atoms with Crippen LogP contribution < -0.4 is 0 Å². The fourth-order valence-electron chi connectivity index (χ4n) is 7.47. The lowest BCUT2D eigenvalue weighted by Crippen LogP contribution is -2.50. The molecule has 0 saturated heterocycles. The summed E-state index contributed by atoms with van der Waals surface area (Å²) in [5.41, 5.74) is 1.73. The van der Waals surface area contributed by atoms with E-state index in [4.69, 9.17) is 5.11 Å². The van der Waals surface area contributed by atoms with Gasteiger partial charge in [-0.15, -0.1) is 0 Å². The van der Waals surface area contributed by atoms with Gasteiger partial charge in [-0.3, -0.25) is 4.79 Å². The zero-order chi connectivity index (χ0) is 19.4. The number of allylic oxidation sites excluding steroid dienone is 5. The minimum atomic E-state index is -0.844. The fourth-order valence-corrected chi connectivity index (χ4v) is 7.47. The minimum absolute atomic E-state index is 0.0606. The van der Waals surface area contributed by atoms with Crippen molar-refractivity contribution in [2.45, 2.75) is 59.3 Å². The first-order valence-corrected chi connectivity index (χ1v) is 10.6. The smallest absolute Gasteiger partial charge is 0.327 e. The molecule has 1 N–H and O–H groups in total. The van der Waals surface area contributed by atoms with Gasteiger partial charge in [0.2, 0.25) is 0 Å². The van der Waals surface area contributed by atoms with Gasteiger partial charge in [0.1, 0.15) is 0 Å². The normalized spacial score (nSPS) is 44.4. The third-order valence-corrected chi connectivity index (χ3v) is 8.81. The van der Waals surface area contributed by atoms with E-state index < -0.39 is 5.97 Å². The molecule has 0 aromatic carbocycles. The van der Waals surface area contributed by atoms with Crippen LogP contribution >= 0.6 is 0 Å². The topological polar surface area (TPSA) is 54.4 Å². The van der Waals surface area contributed by atoms with E-state index in [2.05, 4.69) is 26.8 Å². The van der Waals surface area contributed by atoms with Crippen LogP contribution in [0.25, 0.3) is 0 Å². The second kappa shape index (κ2) is 6.46. The van der Waals surface area contributed by atoms with Crippen molar-refractivity contribution >= 4 is 11.8 Å². The summed E-state index contributed by atoms with van der Waals surface area (Å²) in [4.78, 5) is 22.8. The number of hydrogen-bond donors (Lipinski definition) is 1. The van der Waals surface area contributed by atoms with Crippen LogP contribution in [-0.4, -0.2) is 16.9 Å². The summed E-state index contributed by atoms with van der Waals surface area (Å²) in [7, 11) is 0. The van der Waals surface area contributed by atoms with E-state index in [0.29, 0.717) is 23.2 Å². The van der Waals surface area contributed by atoms with Crippen molar-refractivity contribution in [3.05, 3.63) is 36.0 Å². The summed E-state index contributed by atoms with van der Waals surface area (Å²) >= 11 is 0. The number of carbonyl (C=O) groups is 2. The Kier molecular flexibility index (Phi) is 4.48. The van der Waals surface area contributed by atoms with Crippen LogP contribution in [0.3, 0.4) is 0 Å². The lowest BCUT2D eigenvalue weighted by atomic mass is 9.47. The molecule has 27 heavy (non-hydrogen) atoms. The summed E-state index contributed by atoms with van der Waals surface area (Å²) in [5, 5.41) is 8.99. The Balaban J connectivity index is 1.59. The number of ketones is 1. The zero-order valence-electron chi connectivity index (χ0n) is 16.8. The molecule has 0 aromatic heterocycles. The van der Waals surface area contributed by atoms with Crippen molar-refractivity contribution in [3.63, 3.8) is 0 Å². The summed E-state index contributed by atoms with van der Waals surface area (Å²) in [6.45, 7) is 7.03. The van der Waals surface area contributed by atoms with E-state index in [1.165, 1.54) is 43.8 Å². The van der Waals surface area contributed by atoms with Gasteiger partial charge in [0.25, 0.3) is 0 Å². The van der Waals surface area contributed by atoms with E-state index >= 15 is 0 Å². The summed E-state index contributed by atoms with van der Waals surface area (Å²) in [6.07, 6.45) is 16.3. The third kappa shape index (κ3) is 2.85. The van der Waals surface area contributed by atoms with Crippen molar-refractivity contribution in [1.29, 1.82) is 0 Å². The van der Waals surface area contributed by atoms with Gasteiger partial charge in [0, 0.05) is 11.5 Å². The second-order valence-electron chi connectivity index (χ2n) is 9.89. The van der Waals surface area contributed by atoms with Gasteiger partial charge in [-0.2, -0.15) is 0 Å². The quantitative estimate of drug-likeness (QED) is 0.698. The monoisotopic (exact) mass is 368 g/mol. The van der Waals surface area contributed by atoms with E-state index in [-0.39, 0.29) is 11.2 Å². The maximum Gasteiger partial charge on any atom is 0.327 e. The first kappa shape index (κ1) is 18.7. The standard InChI is InChI=1S/C24H32O3/c1-15(4-9-22(26)27)19-7-8-20-18-6-5-16-14-17(25)10-12-23(16,2)21(18)11-13-24(19,20)3/h4,9-10,12,14-15,18-21H,5-8,11,13H2,1-3H3,(H,26,27)/b9-4+/t15-,18?,19-,20?,21?,23+,24-/m1/s1. The molecule has 3 heteroatoms. The Hall–Kier alpha value is -1.64. The number of carboxylic acids is 1. The number of fused-ring (bicyclic) bond motifs is 5. The van der Waals surface area contributed by atoms with Crippen molar-refractivity contribution < 1.29 is 14.7 Å². The molecule has 0 bridgehead atoms. The van der Waals surface area contributed by atoms with Crippen molar-refractivity contribution in [1.82, 2.24) is 0 Å². The molecule has 3 unspecified atom stereocenters. The molecule has 3 fully saturated rings. The van der Waals surface area contributed by atoms with Crippen LogP contribution in [0.5, 0.6) is 0 Å². The Bertz CT molecular complexity index is 745. The average molecular weight is 369 g/mol. The van der Waals surface area contributed by atoms with Gasteiger partial charge >= 0.3 is 5.97 Å². The predicted octanol–water partition coefficient (Wildman–Crippen LogP) is 5.19. The molecule has 7 atom stereocenters. The second-order valence-corrected chi connectivity index (χ2v) is 9.89. The molecular formula is C24H32O3. The SMILES string of the molecule is C[C@H](/C=C/C(=O)O)[C@H]1CCC2C3CCC4=CC(=O)C=C[C@]4(C)C3CC[C@@]21C. The molecule has 4 aliphatic rings. The van der Waals surface area contributed by atoms with Crippen LogP contribution in [-0.2, 0) is 9.59 Å². The zero-order valence-corrected chi connectivity index (χ0v) is 16.8. The summed E-state index contributed by atoms with van der Waals surface area (Å²) in [5.74, 6) is 2.30. The van der Waals surface area contributed by atoms with Crippen molar-refractivity contribution in [2.75, 3.05) is 0 Å². The minimum Gasteiger partial charge on any atom is -0.478 e. The van der Waals surface area contributed by atoms with Crippen LogP contribution in [0.15, 0.2) is 36.0 Å². The summed E-state index contributed by atoms with van der Waals surface area (Å²) < 4.78 is 0. The highest BCUT2D eigenvalue weighted by Crippen LogP contribution is 2.66. The van der Waals surface area contributed by atoms with Gasteiger partial charge in [0.05, 0.1) is 0 Å². The van der Waals surface area contributed by atoms with Crippen molar-refractivity contribution in [3.8, 4) is 0 Å². The molecule has 4 aliphatic carbocycles. The van der Waals surface area contributed by atoms with E-state index in [9.17, 15) is 9.59 Å². The first-order chi connectivity index (χ1) is 12.8. The van der Waals surface area contributed by atoms with Gasteiger partial charge in [0.15, 0.2) is 5.78 Å². The van der Waals surface area contributed by atoms with Crippen LogP contribution in [0.1, 0.15) is 59.3 Å². The van der Waals surface area contributed by atoms with Crippen LogP contribution in [0, 0.1) is 40.4 Å². The molecule has 0 radical (unpaired) electrons. The van der Waals surface area contributed by atoms with E-state index in [1.54, 1.807) is 6.08 Å². The third-order valence-electron chi connectivity index (χ3n) is 8.81. The number of rotatable bonds is 3. The average Bonchev–Trinajstić information content (AvgIpc) is 2.97. The number of aliphatic carboxylic acids is 1. The van der Waals surface area contributed by atoms with Crippen LogP contribution in [0.2, 0.25) is 0 Å². The Morgan fingerprint density at radius 1 is 1.22 bits per heavy atom. The Labute approximate surface area is 162 Å². The molecular weight excluding hydrogens is 336 g/mol. The Morgan fingerprint density at radius 2 is 2.00 bits per heavy atom. The molecule has 0 amide bonds. The van der Waals surface area contributed by atoms with E-state index in [0.717, 1.165) is 18.3 Å². The number of hydrogen-bond acceptors (Lipinski definition) is 2. The lowest BCUT2D eigenvalue weighted by Gasteiger charge is -2.57. The molecule has 0 spiro atoms. The lowest BCUT2D eigenvalue weighted by molar-refractivity contribution is -0.131. The van der Waals surface area contributed by atoms with Gasteiger partial charge in [-0.05, 0) is 85.7 Å².